The molecule has 2 amide bonds. The Morgan fingerprint density at radius 3 is 2.55 bits per heavy atom. The number of rotatable bonds is 5. The Labute approximate surface area is 131 Å². The first kappa shape index (κ1) is 19.2. The van der Waals surface area contributed by atoms with Gasteiger partial charge < -0.3 is 10.2 Å². The zero-order valence-corrected chi connectivity index (χ0v) is 14.0. The lowest BCUT2D eigenvalue weighted by Gasteiger charge is -2.40. The molecule has 0 aromatic carbocycles. The van der Waals surface area contributed by atoms with Gasteiger partial charge in [-0.25, -0.2) is 4.79 Å². The minimum atomic E-state index is -4.22. The molecule has 0 aromatic rings. The summed E-state index contributed by atoms with van der Waals surface area (Å²) in [6, 6.07) is -0.601. The highest BCUT2D eigenvalue weighted by molar-refractivity contribution is 7.84. The van der Waals surface area contributed by atoms with Crippen LogP contribution in [0.4, 0.5) is 18.0 Å². The van der Waals surface area contributed by atoms with Gasteiger partial charge in [0.05, 0.1) is 6.54 Å². The number of hydrogen-bond acceptors (Lipinski definition) is 3. The molecule has 1 aliphatic heterocycles. The average Bonchev–Trinajstić information content (AvgIpc) is 2.39. The molecule has 130 valence electrons. The first-order chi connectivity index (χ1) is 10.1. The molecular weight excluding hydrogens is 319 g/mol. The predicted molar refractivity (Wildman–Crippen MR) is 80.2 cm³/mol. The van der Waals surface area contributed by atoms with E-state index in [-0.39, 0.29) is 37.0 Å². The van der Waals surface area contributed by atoms with E-state index in [4.69, 9.17) is 0 Å². The van der Waals surface area contributed by atoms with Crippen molar-refractivity contribution in [3.63, 3.8) is 0 Å². The first-order valence-electron chi connectivity index (χ1n) is 7.26. The summed E-state index contributed by atoms with van der Waals surface area (Å²) >= 11 is 0. The number of piperazine rings is 1. The second-order valence-corrected chi connectivity index (χ2v) is 7.51. The summed E-state index contributed by atoms with van der Waals surface area (Å²) < 4.78 is 48.5. The third-order valence-corrected chi connectivity index (χ3v) is 5.20. The van der Waals surface area contributed by atoms with Crippen LogP contribution in [0.2, 0.25) is 0 Å². The summed E-state index contributed by atoms with van der Waals surface area (Å²) in [5.41, 5.74) is 0. The topological polar surface area (TPSA) is 52.7 Å². The van der Waals surface area contributed by atoms with E-state index in [0.717, 1.165) is 0 Å². The molecule has 0 radical (unpaired) electrons. The number of nitrogens with zero attached hydrogens (tertiary/aromatic N) is 2. The van der Waals surface area contributed by atoms with Gasteiger partial charge in [0.25, 0.3) is 0 Å². The summed E-state index contributed by atoms with van der Waals surface area (Å²) in [6.45, 7) is 3.77. The van der Waals surface area contributed by atoms with Crippen LogP contribution in [0.25, 0.3) is 0 Å². The van der Waals surface area contributed by atoms with Gasteiger partial charge in [-0.1, -0.05) is 6.92 Å². The lowest BCUT2D eigenvalue weighted by molar-refractivity contribution is -0.153. The molecule has 1 N–H and O–H groups in total. The Bertz CT molecular complexity index is 406. The Balaban J connectivity index is 2.36. The highest BCUT2D eigenvalue weighted by atomic mass is 32.2. The SMILES string of the molecule is C[C@@H]1CN(C(=O)NCC[C@H](C)[S@@](C)=O)CCN1CC(F)(F)F. The summed E-state index contributed by atoms with van der Waals surface area (Å²) in [5.74, 6) is 0. The highest BCUT2D eigenvalue weighted by Gasteiger charge is 2.35. The van der Waals surface area contributed by atoms with Gasteiger partial charge >= 0.3 is 12.2 Å². The largest absolute Gasteiger partial charge is 0.401 e. The molecular formula is C13H24F3N3O2S. The van der Waals surface area contributed by atoms with Gasteiger partial charge in [-0.15, -0.1) is 0 Å². The van der Waals surface area contributed by atoms with E-state index >= 15 is 0 Å². The quantitative estimate of drug-likeness (QED) is 0.821. The van der Waals surface area contributed by atoms with Crippen molar-refractivity contribution < 1.29 is 22.2 Å². The Morgan fingerprint density at radius 2 is 2.05 bits per heavy atom. The fraction of sp³-hybridized carbons (Fsp3) is 0.923. The van der Waals surface area contributed by atoms with Crippen molar-refractivity contribution >= 4 is 16.8 Å². The van der Waals surface area contributed by atoms with Crippen molar-refractivity contribution in [3.8, 4) is 0 Å². The van der Waals surface area contributed by atoms with Crippen molar-refractivity contribution in [3.05, 3.63) is 0 Å². The average molecular weight is 343 g/mol. The second kappa shape index (κ2) is 8.14. The van der Waals surface area contributed by atoms with Crippen molar-refractivity contribution in [2.75, 3.05) is 39.0 Å². The second-order valence-electron chi connectivity index (χ2n) is 5.71. The standard InChI is InChI=1S/C13H24F3N3O2S/c1-10-8-18(6-7-19(10)9-13(14,15)16)12(20)17-5-4-11(2)22(3)21/h10-11H,4-9H2,1-3H3,(H,17,20)/t10-,11+,22-/m1/s1. The zero-order valence-electron chi connectivity index (χ0n) is 13.2. The van der Waals surface area contributed by atoms with Crippen molar-refractivity contribution in [1.82, 2.24) is 15.1 Å². The molecule has 1 rings (SSSR count). The number of alkyl halides is 3. The van der Waals surface area contributed by atoms with Gasteiger partial charge in [0.2, 0.25) is 0 Å². The molecule has 1 saturated heterocycles. The fourth-order valence-electron chi connectivity index (χ4n) is 2.31. The van der Waals surface area contributed by atoms with Crippen LogP contribution in [-0.4, -0.2) is 76.5 Å². The van der Waals surface area contributed by atoms with E-state index in [0.29, 0.717) is 13.0 Å². The highest BCUT2D eigenvalue weighted by Crippen LogP contribution is 2.20. The molecule has 0 aliphatic carbocycles. The lowest BCUT2D eigenvalue weighted by atomic mass is 10.2. The molecule has 1 fully saturated rings. The van der Waals surface area contributed by atoms with Crippen LogP contribution in [0.3, 0.4) is 0 Å². The third kappa shape index (κ3) is 6.51. The predicted octanol–water partition coefficient (Wildman–Crippen LogP) is 1.42. The number of halogens is 3. The summed E-state index contributed by atoms with van der Waals surface area (Å²) in [5, 5.41) is 2.74. The molecule has 0 unspecified atom stereocenters. The number of hydrogen-bond donors (Lipinski definition) is 1. The Kier molecular flexibility index (Phi) is 7.11. The summed E-state index contributed by atoms with van der Waals surface area (Å²) in [4.78, 5) is 14.9. The third-order valence-electron chi connectivity index (χ3n) is 3.83. The molecule has 0 spiro atoms. The molecule has 1 aliphatic rings. The number of urea groups is 1. The molecule has 22 heavy (non-hydrogen) atoms. The number of carbonyl (C=O) groups is 1. The summed E-state index contributed by atoms with van der Waals surface area (Å²) in [6.07, 6.45) is -1.99. The minimum Gasteiger partial charge on any atom is -0.338 e. The van der Waals surface area contributed by atoms with E-state index in [9.17, 15) is 22.2 Å². The van der Waals surface area contributed by atoms with Crippen LogP contribution in [0.1, 0.15) is 20.3 Å². The molecule has 5 nitrogen and oxygen atoms in total. The molecule has 0 bridgehead atoms. The number of amides is 2. The maximum atomic E-state index is 12.4. The van der Waals surface area contributed by atoms with Crippen molar-refractivity contribution in [1.29, 1.82) is 0 Å². The number of nitrogens with one attached hydrogen (secondary N) is 1. The molecule has 3 atom stereocenters. The van der Waals surface area contributed by atoms with Crippen LogP contribution >= 0.6 is 0 Å². The smallest absolute Gasteiger partial charge is 0.338 e. The van der Waals surface area contributed by atoms with Gasteiger partial charge in [0, 0.05) is 54.5 Å². The van der Waals surface area contributed by atoms with Crippen LogP contribution in [0.15, 0.2) is 0 Å². The van der Waals surface area contributed by atoms with Crippen LogP contribution < -0.4 is 5.32 Å². The van der Waals surface area contributed by atoms with Gasteiger partial charge in [-0.3, -0.25) is 9.11 Å². The molecule has 1 heterocycles. The lowest BCUT2D eigenvalue weighted by Crippen LogP contribution is -2.57. The van der Waals surface area contributed by atoms with E-state index in [1.807, 2.05) is 6.92 Å². The maximum absolute atomic E-state index is 12.4. The molecule has 0 saturated carbocycles. The van der Waals surface area contributed by atoms with Crippen LogP contribution in [-0.2, 0) is 10.8 Å². The van der Waals surface area contributed by atoms with Gasteiger partial charge in [0.1, 0.15) is 0 Å². The van der Waals surface area contributed by atoms with Crippen LogP contribution in [0.5, 0.6) is 0 Å². The normalized spacial score (nSPS) is 23.2. The summed E-state index contributed by atoms with van der Waals surface area (Å²) in [7, 11) is -0.928. The van der Waals surface area contributed by atoms with E-state index in [2.05, 4.69) is 5.32 Å². The molecule has 0 aromatic heterocycles. The van der Waals surface area contributed by atoms with Gasteiger partial charge in [-0.2, -0.15) is 13.2 Å². The number of carbonyl (C=O) groups excluding carboxylic acids is 1. The Hall–Kier alpha value is -0.830. The van der Waals surface area contributed by atoms with Crippen LogP contribution in [0, 0.1) is 0 Å². The maximum Gasteiger partial charge on any atom is 0.401 e. The monoisotopic (exact) mass is 343 g/mol. The fourth-order valence-corrected chi connectivity index (χ4v) is 2.75. The van der Waals surface area contributed by atoms with Crippen molar-refractivity contribution in [2.45, 2.75) is 37.7 Å². The first-order valence-corrected chi connectivity index (χ1v) is 8.88. The van der Waals surface area contributed by atoms with E-state index in [1.165, 1.54) is 9.80 Å². The van der Waals surface area contributed by atoms with Gasteiger partial charge in [0.15, 0.2) is 0 Å². The molecule has 9 heteroatoms. The zero-order chi connectivity index (χ0) is 16.9. The van der Waals surface area contributed by atoms with Gasteiger partial charge in [-0.05, 0) is 13.3 Å². The van der Waals surface area contributed by atoms with E-state index < -0.39 is 23.5 Å². The Morgan fingerprint density at radius 1 is 1.41 bits per heavy atom. The minimum absolute atomic E-state index is 0.00264. The van der Waals surface area contributed by atoms with Crippen molar-refractivity contribution in [2.24, 2.45) is 0 Å². The van der Waals surface area contributed by atoms with E-state index in [1.54, 1.807) is 13.2 Å².